The lowest BCUT2D eigenvalue weighted by Gasteiger charge is -2.37. The number of nitrogens with zero attached hydrogens (tertiary/aromatic N) is 2. The third kappa shape index (κ3) is 8.94. The smallest absolute Gasteiger partial charge is 0.314 e. The van der Waals surface area contributed by atoms with Crippen molar-refractivity contribution in [3.05, 3.63) is 260 Å². The van der Waals surface area contributed by atoms with Gasteiger partial charge in [0.05, 0.1) is 27.4 Å². The van der Waals surface area contributed by atoms with Gasteiger partial charge in [-0.25, -0.2) is 0 Å². The fraction of sp³-hybridized carbons (Fsp3) is 0.0588. The van der Waals surface area contributed by atoms with Gasteiger partial charge >= 0.3 is 11.4 Å². The maximum Gasteiger partial charge on any atom is 0.314 e. The molecule has 8 aromatic carbocycles. The Bertz CT molecular complexity index is 2540. The molecular formula is C51H38N2O8. The number of hydrogen-bond acceptors (Lipinski definition) is 8. The van der Waals surface area contributed by atoms with Crippen LogP contribution < -0.4 is 18.9 Å². The molecule has 0 heterocycles. The van der Waals surface area contributed by atoms with Crippen LogP contribution in [-0.2, 0) is 18.6 Å². The van der Waals surface area contributed by atoms with Gasteiger partial charge in [-0.15, -0.1) is 0 Å². The van der Waals surface area contributed by atoms with Gasteiger partial charge in [-0.05, 0) is 81.9 Å². The summed E-state index contributed by atoms with van der Waals surface area (Å²) in [6.45, 7) is 0.377. The number of nitro groups is 2. The number of benzene rings is 8. The normalized spacial score (nSPS) is 11.0. The van der Waals surface area contributed by atoms with Crippen LogP contribution in [0.5, 0.6) is 34.5 Å². The first kappa shape index (κ1) is 39.6. The average Bonchev–Trinajstić information content (AvgIpc) is 3.30. The highest BCUT2D eigenvalue weighted by atomic mass is 16.6. The van der Waals surface area contributed by atoms with Crippen LogP contribution in [0.15, 0.2) is 206 Å². The highest BCUT2D eigenvalue weighted by Crippen LogP contribution is 2.46. The van der Waals surface area contributed by atoms with Gasteiger partial charge in [0.15, 0.2) is 11.5 Å². The molecule has 300 valence electrons. The van der Waals surface area contributed by atoms with Gasteiger partial charge in [0.2, 0.25) is 0 Å². The Labute approximate surface area is 352 Å². The fourth-order valence-electron chi connectivity index (χ4n) is 7.32. The zero-order chi connectivity index (χ0) is 42.0. The Hall–Kier alpha value is -8.24. The van der Waals surface area contributed by atoms with Crippen LogP contribution in [0.2, 0.25) is 0 Å². The molecule has 0 unspecified atom stereocenters. The van der Waals surface area contributed by atoms with Crippen LogP contribution in [0.3, 0.4) is 0 Å². The third-order valence-electron chi connectivity index (χ3n) is 10.2. The van der Waals surface area contributed by atoms with Crippen molar-refractivity contribution < 1.29 is 28.8 Å². The second-order valence-corrected chi connectivity index (χ2v) is 14.1. The van der Waals surface area contributed by atoms with Crippen LogP contribution in [0, 0.1) is 20.2 Å². The topological polar surface area (TPSA) is 123 Å². The van der Waals surface area contributed by atoms with E-state index in [1.165, 1.54) is 12.1 Å². The van der Waals surface area contributed by atoms with Gasteiger partial charge in [0.1, 0.15) is 36.2 Å². The highest BCUT2D eigenvalue weighted by molar-refractivity contribution is 5.61. The van der Waals surface area contributed by atoms with E-state index >= 15 is 0 Å². The SMILES string of the molecule is O=[N+]([O-])c1cc(Oc2ccc(C(c3ccccc3)(c3ccccc3)c3ccc(Oc4ccc(OCc5ccccc5)c([N+](=O)[O-])c4)cc3)cc2)ccc1OCc1ccccc1. The molecule has 0 atom stereocenters. The monoisotopic (exact) mass is 806 g/mol. The van der Waals surface area contributed by atoms with Crippen molar-refractivity contribution >= 4 is 11.4 Å². The van der Waals surface area contributed by atoms with Gasteiger partial charge in [-0.2, -0.15) is 0 Å². The number of ether oxygens (including phenoxy) is 4. The van der Waals surface area contributed by atoms with E-state index in [0.717, 1.165) is 33.4 Å². The molecule has 0 amide bonds. The predicted molar refractivity (Wildman–Crippen MR) is 233 cm³/mol. The first-order chi connectivity index (χ1) is 29.9. The molecule has 8 rings (SSSR count). The van der Waals surface area contributed by atoms with Crippen molar-refractivity contribution in [2.75, 3.05) is 0 Å². The summed E-state index contributed by atoms with van der Waals surface area (Å²) in [5, 5.41) is 24.1. The van der Waals surface area contributed by atoms with Crippen molar-refractivity contribution in [3.8, 4) is 34.5 Å². The molecule has 0 spiro atoms. The zero-order valence-electron chi connectivity index (χ0n) is 32.7. The van der Waals surface area contributed by atoms with Crippen molar-refractivity contribution in [3.63, 3.8) is 0 Å². The van der Waals surface area contributed by atoms with E-state index in [-0.39, 0.29) is 36.1 Å². The molecule has 0 aliphatic rings. The summed E-state index contributed by atoms with van der Waals surface area (Å²) in [6, 6.07) is 63.7. The lowest BCUT2D eigenvalue weighted by atomic mass is 9.65. The molecule has 0 saturated carbocycles. The molecule has 8 aromatic rings. The molecule has 0 saturated heterocycles. The summed E-state index contributed by atoms with van der Waals surface area (Å²) < 4.78 is 24.0. The Kier molecular flexibility index (Phi) is 11.8. The number of hydrogen-bond donors (Lipinski definition) is 0. The molecule has 0 aliphatic heterocycles. The minimum absolute atomic E-state index is 0.145. The van der Waals surface area contributed by atoms with Gasteiger partial charge in [-0.3, -0.25) is 20.2 Å². The molecule has 0 fully saturated rings. The highest BCUT2D eigenvalue weighted by Gasteiger charge is 2.38. The Balaban J connectivity index is 1.08. The third-order valence-corrected chi connectivity index (χ3v) is 10.2. The summed E-state index contributed by atoms with van der Waals surface area (Å²) in [6.07, 6.45) is 0. The van der Waals surface area contributed by atoms with Crippen LogP contribution in [0.25, 0.3) is 0 Å². The summed E-state index contributed by atoms with van der Waals surface area (Å²) >= 11 is 0. The second-order valence-electron chi connectivity index (χ2n) is 14.1. The lowest BCUT2D eigenvalue weighted by Crippen LogP contribution is -2.30. The predicted octanol–water partition coefficient (Wildman–Crippen LogP) is 12.6. The minimum atomic E-state index is -0.813. The molecular weight excluding hydrogens is 769 g/mol. The van der Waals surface area contributed by atoms with Crippen LogP contribution in [0.1, 0.15) is 33.4 Å². The van der Waals surface area contributed by atoms with Gasteiger partial charge in [0.25, 0.3) is 0 Å². The van der Waals surface area contributed by atoms with Crippen molar-refractivity contribution in [2.24, 2.45) is 0 Å². The molecule has 0 radical (unpaired) electrons. The van der Waals surface area contributed by atoms with E-state index in [0.29, 0.717) is 23.0 Å². The van der Waals surface area contributed by atoms with Gasteiger partial charge in [0, 0.05) is 0 Å². The first-order valence-corrected chi connectivity index (χ1v) is 19.4. The molecule has 0 aromatic heterocycles. The van der Waals surface area contributed by atoms with Gasteiger partial charge in [-0.1, -0.05) is 146 Å². The first-order valence-electron chi connectivity index (χ1n) is 19.4. The molecule has 0 aliphatic carbocycles. The maximum absolute atomic E-state index is 12.1. The van der Waals surface area contributed by atoms with E-state index in [2.05, 4.69) is 24.3 Å². The minimum Gasteiger partial charge on any atom is -0.482 e. The number of nitro benzene ring substituents is 2. The maximum atomic E-state index is 12.1. The van der Waals surface area contributed by atoms with Crippen molar-refractivity contribution in [2.45, 2.75) is 18.6 Å². The quantitative estimate of drug-likeness (QED) is 0.0537. The molecule has 61 heavy (non-hydrogen) atoms. The zero-order valence-corrected chi connectivity index (χ0v) is 32.7. The van der Waals surface area contributed by atoms with E-state index in [4.69, 9.17) is 18.9 Å². The Morgan fingerprint density at radius 3 is 1.03 bits per heavy atom. The molecule has 10 heteroatoms. The van der Waals surface area contributed by atoms with E-state index in [9.17, 15) is 20.2 Å². The Morgan fingerprint density at radius 1 is 0.377 bits per heavy atom. The Morgan fingerprint density at radius 2 is 0.689 bits per heavy atom. The molecule has 0 bridgehead atoms. The van der Waals surface area contributed by atoms with E-state index < -0.39 is 15.3 Å². The molecule has 0 N–H and O–H groups in total. The van der Waals surface area contributed by atoms with Gasteiger partial charge < -0.3 is 18.9 Å². The van der Waals surface area contributed by atoms with Crippen molar-refractivity contribution in [1.29, 1.82) is 0 Å². The summed E-state index contributed by atoms with van der Waals surface area (Å²) in [4.78, 5) is 23.1. The average molecular weight is 807 g/mol. The van der Waals surface area contributed by atoms with Crippen LogP contribution in [-0.4, -0.2) is 9.85 Å². The molecule has 10 nitrogen and oxygen atoms in total. The summed E-state index contributed by atoms with van der Waals surface area (Å²) in [7, 11) is 0. The van der Waals surface area contributed by atoms with Crippen LogP contribution in [0.4, 0.5) is 11.4 Å². The second kappa shape index (κ2) is 18.1. The van der Waals surface area contributed by atoms with E-state index in [1.807, 2.05) is 146 Å². The summed E-state index contributed by atoms with van der Waals surface area (Å²) in [5.41, 5.74) is 4.45. The van der Waals surface area contributed by atoms with E-state index in [1.54, 1.807) is 24.3 Å². The fourth-order valence-corrected chi connectivity index (χ4v) is 7.32. The summed E-state index contributed by atoms with van der Waals surface area (Å²) in [5.74, 6) is 1.85. The van der Waals surface area contributed by atoms with Crippen LogP contribution >= 0.6 is 0 Å². The standard InChI is InChI=1S/C51H38N2O8/c54-52(55)47-33-45(29-31-49(47)58-35-37-13-5-1-6-14-37)60-43-25-21-41(22-26-43)51(39-17-9-3-10-18-39,40-19-11-4-12-20-40)42-23-27-44(28-24-42)61-46-30-32-50(48(34-46)53(56)57)59-36-38-15-7-2-8-16-38/h1-34H,35-36H2. The largest absolute Gasteiger partial charge is 0.482 e. The number of rotatable bonds is 16. The van der Waals surface area contributed by atoms with Crippen molar-refractivity contribution in [1.82, 2.24) is 0 Å². The lowest BCUT2D eigenvalue weighted by molar-refractivity contribution is -0.386.